The first-order chi connectivity index (χ1) is 23.1. The number of unbranched alkanes of at least 4 members (excludes halogenated alkanes) is 19. The Kier molecular flexibility index (Phi) is 31.2. The third kappa shape index (κ3) is 31.5. The number of esters is 2. The lowest BCUT2D eigenvalue weighted by Gasteiger charge is -2.20. The second kappa shape index (κ2) is 32.4. The standard InChI is InChI=1S/C36H68NO10P/c1-3-5-7-9-11-13-14-15-16-17-18-20-22-24-26-28-35(39)47-32(30-45-48(42,43)46-31-33(37)36(40)41)29-44-34(38)27-25-23-21-19-12-10-8-6-4-2/h13-14,32-33H,3-12,15-31,37H2,1-2H3,(H,40,41)(H,42,43)/b14-13+/t32-,33-/m0/s1. The zero-order valence-corrected chi connectivity index (χ0v) is 31.0. The van der Waals surface area contributed by atoms with E-state index in [4.69, 9.17) is 24.8 Å². The van der Waals surface area contributed by atoms with Crippen LogP contribution in [0.25, 0.3) is 0 Å². The van der Waals surface area contributed by atoms with Crippen molar-refractivity contribution in [3.63, 3.8) is 0 Å². The van der Waals surface area contributed by atoms with E-state index < -0.39 is 51.1 Å². The van der Waals surface area contributed by atoms with Crippen LogP contribution in [0.4, 0.5) is 0 Å². The summed E-state index contributed by atoms with van der Waals surface area (Å²) in [7, 11) is -4.70. The molecule has 48 heavy (non-hydrogen) atoms. The van der Waals surface area contributed by atoms with E-state index in [2.05, 4.69) is 30.5 Å². The van der Waals surface area contributed by atoms with Gasteiger partial charge in [-0.1, -0.05) is 129 Å². The summed E-state index contributed by atoms with van der Waals surface area (Å²) in [4.78, 5) is 45.6. The lowest BCUT2D eigenvalue weighted by molar-refractivity contribution is -0.161. The molecule has 0 aromatic rings. The number of nitrogens with two attached hydrogens (primary N) is 1. The molecule has 0 aliphatic heterocycles. The average molecular weight is 706 g/mol. The van der Waals surface area contributed by atoms with Crippen molar-refractivity contribution in [3.05, 3.63) is 12.2 Å². The first-order valence-corrected chi connectivity index (χ1v) is 20.2. The number of aliphatic carboxylic acids is 1. The molecule has 0 fully saturated rings. The molecule has 0 aromatic heterocycles. The summed E-state index contributed by atoms with van der Waals surface area (Å²) < 4.78 is 32.5. The van der Waals surface area contributed by atoms with Crippen LogP contribution in [0.3, 0.4) is 0 Å². The van der Waals surface area contributed by atoms with Crippen LogP contribution in [-0.4, -0.2) is 59.9 Å². The van der Waals surface area contributed by atoms with Crippen LogP contribution in [0, 0.1) is 0 Å². The Labute approximate surface area is 290 Å². The molecular weight excluding hydrogens is 637 g/mol. The van der Waals surface area contributed by atoms with Crippen molar-refractivity contribution in [2.75, 3.05) is 19.8 Å². The molecule has 12 heteroatoms. The van der Waals surface area contributed by atoms with Gasteiger partial charge in [0.15, 0.2) is 6.10 Å². The molecule has 3 atom stereocenters. The summed E-state index contributed by atoms with van der Waals surface area (Å²) in [6, 6.07) is -1.52. The van der Waals surface area contributed by atoms with Crippen molar-refractivity contribution in [1.29, 1.82) is 0 Å². The molecule has 0 heterocycles. The van der Waals surface area contributed by atoms with E-state index in [9.17, 15) is 23.8 Å². The molecule has 0 saturated carbocycles. The number of carbonyl (C=O) groups excluding carboxylic acids is 2. The third-order valence-corrected chi connectivity index (χ3v) is 8.96. The number of ether oxygens (including phenoxy) is 2. The number of rotatable bonds is 35. The van der Waals surface area contributed by atoms with E-state index in [0.717, 1.165) is 44.9 Å². The molecule has 0 aliphatic carbocycles. The predicted octanol–water partition coefficient (Wildman–Crippen LogP) is 8.95. The van der Waals surface area contributed by atoms with E-state index in [1.165, 1.54) is 83.5 Å². The lowest BCUT2D eigenvalue weighted by atomic mass is 10.1. The number of phosphoric acid groups is 1. The Morgan fingerprint density at radius 1 is 0.625 bits per heavy atom. The Morgan fingerprint density at radius 2 is 1.04 bits per heavy atom. The molecule has 282 valence electrons. The van der Waals surface area contributed by atoms with E-state index >= 15 is 0 Å². The Bertz CT molecular complexity index is 885. The highest BCUT2D eigenvalue weighted by Crippen LogP contribution is 2.43. The second-order valence-electron chi connectivity index (χ2n) is 12.7. The van der Waals surface area contributed by atoms with Gasteiger partial charge in [-0.2, -0.15) is 0 Å². The first-order valence-electron chi connectivity index (χ1n) is 18.7. The van der Waals surface area contributed by atoms with Gasteiger partial charge in [-0.05, 0) is 38.5 Å². The fraction of sp³-hybridized carbons (Fsp3) is 0.861. The molecule has 4 N–H and O–H groups in total. The van der Waals surface area contributed by atoms with Crippen molar-refractivity contribution < 1.29 is 47.5 Å². The van der Waals surface area contributed by atoms with Gasteiger partial charge in [-0.3, -0.25) is 23.4 Å². The van der Waals surface area contributed by atoms with E-state index in [0.29, 0.717) is 12.8 Å². The van der Waals surface area contributed by atoms with Gasteiger partial charge in [0, 0.05) is 12.8 Å². The van der Waals surface area contributed by atoms with Gasteiger partial charge in [0.25, 0.3) is 0 Å². The van der Waals surface area contributed by atoms with Gasteiger partial charge in [0.05, 0.1) is 13.2 Å². The highest BCUT2D eigenvalue weighted by atomic mass is 31.2. The minimum atomic E-state index is -4.70. The molecule has 0 aromatic carbocycles. The van der Waals surface area contributed by atoms with Crippen LogP contribution in [-0.2, 0) is 37.5 Å². The average Bonchev–Trinajstić information content (AvgIpc) is 3.05. The van der Waals surface area contributed by atoms with Crippen molar-refractivity contribution in [2.24, 2.45) is 5.73 Å². The van der Waals surface area contributed by atoms with Crippen LogP contribution in [0.2, 0.25) is 0 Å². The van der Waals surface area contributed by atoms with E-state index in [-0.39, 0.29) is 19.4 Å². The number of phosphoric ester groups is 1. The van der Waals surface area contributed by atoms with Crippen molar-refractivity contribution in [2.45, 2.75) is 180 Å². The quantitative estimate of drug-likeness (QED) is 0.0249. The molecule has 0 radical (unpaired) electrons. The van der Waals surface area contributed by atoms with E-state index in [1.54, 1.807) is 0 Å². The predicted molar refractivity (Wildman–Crippen MR) is 189 cm³/mol. The fourth-order valence-electron chi connectivity index (χ4n) is 5.00. The number of allylic oxidation sites excluding steroid dienone is 2. The summed E-state index contributed by atoms with van der Waals surface area (Å²) in [5.41, 5.74) is 5.31. The van der Waals surface area contributed by atoms with E-state index in [1.807, 2.05) is 0 Å². The van der Waals surface area contributed by atoms with Gasteiger partial charge in [-0.15, -0.1) is 0 Å². The van der Waals surface area contributed by atoms with Crippen LogP contribution in [0.5, 0.6) is 0 Å². The number of hydrogen-bond donors (Lipinski definition) is 3. The third-order valence-electron chi connectivity index (χ3n) is 8.01. The Hall–Kier alpha value is -1.78. The maximum atomic E-state index is 12.5. The molecule has 0 spiro atoms. The maximum Gasteiger partial charge on any atom is 0.472 e. The SMILES string of the molecule is CCCCCC/C=C/CCCCCCCCCC(=O)O[C@@H](COC(=O)CCCCCCCCCCC)COP(=O)(O)OC[C@H](N)C(=O)O. The monoisotopic (exact) mass is 705 g/mol. The summed E-state index contributed by atoms with van der Waals surface area (Å²) in [5.74, 6) is -2.38. The Morgan fingerprint density at radius 3 is 1.54 bits per heavy atom. The zero-order chi connectivity index (χ0) is 35.7. The summed E-state index contributed by atoms with van der Waals surface area (Å²) >= 11 is 0. The van der Waals surface area contributed by atoms with Crippen LogP contribution >= 0.6 is 7.82 Å². The minimum absolute atomic E-state index is 0.159. The second-order valence-corrected chi connectivity index (χ2v) is 14.2. The van der Waals surface area contributed by atoms with Gasteiger partial charge in [0.2, 0.25) is 0 Å². The Balaban J connectivity index is 4.42. The van der Waals surface area contributed by atoms with Crippen molar-refractivity contribution in [1.82, 2.24) is 0 Å². The topological polar surface area (TPSA) is 172 Å². The fourth-order valence-corrected chi connectivity index (χ4v) is 5.78. The van der Waals surface area contributed by atoms with Crippen molar-refractivity contribution in [3.8, 4) is 0 Å². The molecule has 0 bridgehead atoms. The summed E-state index contributed by atoms with van der Waals surface area (Å²) in [6.45, 7) is 2.74. The smallest absolute Gasteiger partial charge is 0.472 e. The number of hydrogen-bond acceptors (Lipinski definition) is 9. The highest BCUT2D eigenvalue weighted by Gasteiger charge is 2.28. The number of carbonyl (C=O) groups is 3. The van der Waals surface area contributed by atoms with Gasteiger partial charge in [-0.25, -0.2) is 4.57 Å². The molecule has 1 unspecified atom stereocenters. The van der Waals surface area contributed by atoms with Crippen LogP contribution < -0.4 is 5.73 Å². The molecule has 0 rings (SSSR count). The number of carboxylic acids is 1. The largest absolute Gasteiger partial charge is 0.480 e. The molecular formula is C36H68NO10P. The highest BCUT2D eigenvalue weighted by molar-refractivity contribution is 7.47. The van der Waals surface area contributed by atoms with Crippen LogP contribution in [0.1, 0.15) is 168 Å². The molecule has 0 amide bonds. The lowest BCUT2D eigenvalue weighted by Crippen LogP contribution is -2.34. The van der Waals surface area contributed by atoms with Gasteiger partial charge < -0.3 is 25.2 Å². The summed E-state index contributed by atoms with van der Waals surface area (Å²) in [5, 5.41) is 8.84. The van der Waals surface area contributed by atoms with Crippen LogP contribution in [0.15, 0.2) is 12.2 Å². The molecule has 0 aliphatic rings. The minimum Gasteiger partial charge on any atom is -0.480 e. The first kappa shape index (κ1) is 46.2. The number of carboxylic acid groups (broad SMARTS) is 1. The van der Waals surface area contributed by atoms with Gasteiger partial charge >= 0.3 is 25.7 Å². The normalized spacial score (nSPS) is 14.1. The molecule has 11 nitrogen and oxygen atoms in total. The summed E-state index contributed by atoms with van der Waals surface area (Å²) in [6.07, 6.45) is 28.6. The maximum absolute atomic E-state index is 12.5. The van der Waals surface area contributed by atoms with Crippen molar-refractivity contribution >= 4 is 25.7 Å². The zero-order valence-electron chi connectivity index (χ0n) is 30.1. The van der Waals surface area contributed by atoms with Gasteiger partial charge in [0.1, 0.15) is 12.6 Å². The molecule has 0 saturated heterocycles.